The normalized spacial score (nSPS) is 10.3. The van der Waals surface area contributed by atoms with Crippen molar-refractivity contribution in [2.24, 2.45) is 0 Å². The van der Waals surface area contributed by atoms with Gasteiger partial charge in [0.05, 0.1) is 13.2 Å². The molecule has 0 amide bonds. The zero-order chi connectivity index (χ0) is 13.2. The summed E-state index contributed by atoms with van der Waals surface area (Å²) in [5, 5.41) is 0. The van der Waals surface area contributed by atoms with Crippen LogP contribution in [-0.4, -0.2) is 13.2 Å². The molecule has 0 aliphatic heterocycles. The number of benzene rings is 2. The summed E-state index contributed by atoms with van der Waals surface area (Å²) >= 11 is 0. The molecule has 2 rings (SSSR count). The fourth-order valence-corrected chi connectivity index (χ4v) is 1.59. The molecular weight excluding hydrogens is 246 g/mol. The zero-order valence-electron chi connectivity index (χ0n) is 12.8. The van der Waals surface area contributed by atoms with Crippen LogP contribution in [0.4, 0.5) is 0 Å². The molecule has 0 heterocycles. The van der Waals surface area contributed by atoms with Crippen molar-refractivity contribution in [3.63, 3.8) is 0 Å². The van der Waals surface area contributed by atoms with E-state index in [1.807, 2.05) is 72.8 Å². The van der Waals surface area contributed by atoms with E-state index in [2.05, 4.69) is 12.1 Å². The monoisotopic (exact) mass is 262 g/mol. The largest absolute Gasteiger partial charge is 1.00 e. The summed E-state index contributed by atoms with van der Waals surface area (Å²) in [5.74, 6) is 0. The molecule has 96 valence electrons. The van der Waals surface area contributed by atoms with E-state index in [1.54, 1.807) is 0 Å². The molecule has 0 saturated carbocycles. The summed E-state index contributed by atoms with van der Waals surface area (Å²) in [4.78, 5) is 0. The van der Waals surface area contributed by atoms with Crippen LogP contribution in [0.15, 0.2) is 60.7 Å². The molecule has 0 spiro atoms. The van der Waals surface area contributed by atoms with E-state index < -0.39 is 0 Å². The Bertz CT molecular complexity index is 472. The second kappa shape index (κ2) is 12.8. The van der Waals surface area contributed by atoms with E-state index in [9.17, 15) is 0 Å². The van der Waals surface area contributed by atoms with E-state index in [4.69, 9.17) is 4.74 Å². The van der Waals surface area contributed by atoms with Crippen LogP contribution < -0.4 is 37.7 Å². The maximum Gasteiger partial charge on any atom is 1.00 e. The third-order valence-corrected chi connectivity index (χ3v) is 2.54. The number of hydrogen-bond acceptors (Lipinski definition) is 1. The molecule has 0 aromatic heterocycles. The predicted molar refractivity (Wildman–Crippen MR) is 79.4 cm³/mol. The van der Waals surface area contributed by atoms with Gasteiger partial charge in [-0.1, -0.05) is 24.3 Å². The molecule has 0 aliphatic carbocycles. The van der Waals surface area contributed by atoms with E-state index in [-0.39, 0.29) is 37.7 Å². The van der Waals surface area contributed by atoms with E-state index in [0.29, 0.717) is 13.2 Å². The van der Waals surface area contributed by atoms with Gasteiger partial charge >= 0.3 is 37.7 Å². The molecule has 3 heteroatoms. The minimum absolute atomic E-state index is 0. The smallest absolute Gasteiger partial charge is 0.373 e. The van der Waals surface area contributed by atoms with Gasteiger partial charge in [0.25, 0.3) is 0 Å². The maximum absolute atomic E-state index is 5.49. The van der Waals surface area contributed by atoms with Crippen LogP contribution in [0.1, 0.15) is 11.1 Å². The second-order valence-electron chi connectivity index (χ2n) is 4.01. The molecular formula is C18H16Li2O. The van der Waals surface area contributed by atoms with Gasteiger partial charge in [-0.3, -0.25) is 0 Å². The van der Waals surface area contributed by atoms with Crippen LogP contribution in [0.3, 0.4) is 0 Å². The molecule has 0 bridgehead atoms. The van der Waals surface area contributed by atoms with Crippen molar-refractivity contribution in [3.05, 3.63) is 83.9 Å². The molecule has 0 radical (unpaired) electrons. The topological polar surface area (TPSA) is 9.23 Å². The van der Waals surface area contributed by atoms with Gasteiger partial charge in [0.15, 0.2) is 0 Å². The van der Waals surface area contributed by atoms with Gasteiger partial charge in [0, 0.05) is 0 Å². The Hall–Kier alpha value is -0.925. The Balaban J connectivity index is 0.00000200. The van der Waals surface area contributed by atoms with Crippen LogP contribution in [0.5, 0.6) is 0 Å². The van der Waals surface area contributed by atoms with Crippen LogP contribution in [0.25, 0.3) is 12.2 Å². The predicted octanol–water partition coefficient (Wildman–Crippen LogP) is -1.96. The first-order chi connectivity index (χ1) is 9.45. The van der Waals surface area contributed by atoms with Crippen LogP contribution in [-0.2, 0) is 4.74 Å². The standard InChI is InChI=1S/C18H16O.2Li/c1-3-9-17(10-4-1)13-7-15-19-16-8-14-18-11-5-2-6-12-18;;/h3-14H,15-16H2;;/q-2;2*+1. The minimum atomic E-state index is 0. The molecule has 0 fully saturated rings. The van der Waals surface area contributed by atoms with E-state index in [0.717, 1.165) is 0 Å². The average molecular weight is 262 g/mol. The Labute approximate surface area is 151 Å². The van der Waals surface area contributed by atoms with Crippen molar-refractivity contribution in [1.29, 1.82) is 0 Å². The first-order valence-corrected chi connectivity index (χ1v) is 6.28. The van der Waals surface area contributed by atoms with Gasteiger partial charge in [-0.15, -0.1) is 11.1 Å². The number of hydrogen-bond donors (Lipinski definition) is 0. The molecule has 1 nitrogen and oxygen atoms in total. The molecule has 0 saturated heterocycles. The first kappa shape index (κ1) is 20.1. The summed E-state index contributed by atoms with van der Waals surface area (Å²) in [6, 6.07) is 21.7. The zero-order valence-corrected chi connectivity index (χ0v) is 12.8. The van der Waals surface area contributed by atoms with Crippen LogP contribution in [0, 0.1) is 12.1 Å². The molecule has 2 aromatic carbocycles. The van der Waals surface area contributed by atoms with Crippen molar-refractivity contribution in [1.82, 2.24) is 0 Å². The van der Waals surface area contributed by atoms with Gasteiger partial charge in [-0.25, -0.2) is 0 Å². The Morgan fingerprint density at radius 2 is 1.10 bits per heavy atom. The fourth-order valence-electron chi connectivity index (χ4n) is 1.59. The van der Waals surface area contributed by atoms with Gasteiger partial charge in [0.2, 0.25) is 0 Å². The molecule has 0 unspecified atom stereocenters. The second-order valence-corrected chi connectivity index (χ2v) is 4.01. The van der Waals surface area contributed by atoms with Crippen molar-refractivity contribution >= 4 is 12.2 Å². The number of ether oxygens (including phenoxy) is 1. The summed E-state index contributed by atoms with van der Waals surface area (Å²) < 4.78 is 5.49. The fraction of sp³-hybridized carbons (Fsp3) is 0.111. The Morgan fingerprint density at radius 3 is 1.48 bits per heavy atom. The van der Waals surface area contributed by atoms with Crippen molar-refractivity contribution < 1.29 is 42.5 Å². The van der Waals surface area contributed by atoms with Crippen LogP contribution >= 0.6 is 0 Å². The third-order valence-electron chi connectivity index (χ3n) is 2.54. The summed E-state index contributed by atoms with van der Waals surface area (Å²) in [6.45, 7) is 1.23. The van der Waals surface area contributed by atoms with E-state index >= 15 is 0 Å². The summed E-state index contributed by atoms with van der Waals surface area (Å²) in [5.41, 5.74) is 2.33. The maximum atomic E-state index is 5.49. The van der Waals surface area contributed by atoms with Gasteiger partial charge in [-0.2, -0.15) is 60.7 Å². The van der Waals surface area contributed by atoms with Gasteiger partial charge < -0.3 is 4.74 Å². The molecule has 2 aromatic rings. The van der Waals surface area contributed by atoms with Gasteiger partial charge in [0.1, 0.15) is 0 Å². The summed E-state index contributed by atoms with van der Waals surface area (Å²) in [6.07, 6.45) is 8.12. The molecule has 0 N–H and O–H groups in total. The Morgan fingerprint density at radius 1 is 0.714 bits per heavy atom. The van der Waals surface area contributed by atoms with E-state index in [1.165, 1.54) is 11.1 Å². The molecule has 21 heavy (non-hydrogen) atoms. The van der Waals surface area contributed by atoms with Crippen molar-refractivity contribution in [2.45, 2.75) is 0 Å². The average Bonchev–Trinajstić information content (AvgIpc) is 2.48. The van der Waals surface area contributed by atoms with Crippen molar-refractivity contribution in [2.75, 3.05) is 13.2 Å². The van der Waals surface area contributed by atoms with Crippen molar-refractivity contribution in [3.8, 4) is 0 Å². The summed E-state index contributed by atoms with van der Waals surface area (Å²) in [7, 11) is 0. The molecule has 0 atom stereocenters. The minimum Gasteiger partial charge on any atom is -0.373 e. The Kier molecular flexibility index (Phi) is 12.2. The first-order valence-electron chi connectivity index (χ1n) is 6.28. The van der Waals surface area contributed by atoms with Crippen LogP contribution in [0.2, 0.25) is 0 Å². The van der Waals surface area contributed by atoms with Gasteiger partial charge in [-0.05, 0) is 0 Å². The third kappa shape index (κ3) is 8.84. The molecule has 0 aliphatic rings. The SMILES string of the molecule is [Li+].[Li+].[c-]1ccc(C=CCOCC=Cc2cc[c-]cc2)cc1. The number of rotatable bonds is 6. The quantitative estimate of drug-likeness (QED) is 0.334.